The van der Waals surface area contributed by atoms with Gasteiger partial charge in [0.1, 0.15) is 5.75 Å². The molecule has 6 nitrogen and oxygen atoms in total. The van der Waals surface area contributed by atoms with Gasteiger partial charge in [-0.1, -0.05) is 6.92 Å². The van der Waals surface area contributed by atoms with E-state index in [4.69, 9.17) is 4.74 Å². The second-order valence-electron chi connectivity index (χ2n) is 4.06. The largest absolute Gasteiger partial charge is 0.494 e. The number of benzene rings is 1. The molecule has 7 heteroatoms. The van der Waals surface area contributed by atoms with Crippen molar-refractivity contribution >= 4 is 23.4 Å². The van der Waals surface area contributed by atoms with Gasteiger partial charge in [-0.15, -0.1) is 11.8 Å². The van der Waals surface area contributed by atoms with Gasteiger partial charge in [0.2, 0.25) is 0 Å². The Hall–Kier alpha value is -1.76. The van der Waals surface area contributed by atoms with Gasteiger partial charge in [0.15, 0.2) is 0 Å². The highest BCUT2D eigenvalue weighted by atomic mass is 32.2. The molecule has 1 aromatic carbocycles. The lowest BCUT2D eigenvalue weighted by Gasteiger charge is -2.11. The van der Waals surface area contributed by atoms with Crippen molar-refractivity contribution in [2.45, 2.75) is 30.4 Å². The summed E-state index contributed by atoms with van der Waals surface area (Å²) in [5.41, 5.74) is -0.0243. The summed E-state index contributed by atoms with van der Waals surface area (Å²) >= 11 is 1.37. The van der Waals surface area contributed by atoms with Gasteiger partial charge in [0.05, 0.1) is 31.1 Å². The summed E-state index contributed by atoms with van der Waals surface area (Å²) in [4.78, 5) is 22.3. The van der Waals surface area contributed by atoms with E-state index < -0.39 is 4.92 Å². The maximum Gasteiger partial charge on any atom is 0.306 e. The molecule has 110 valence electrons. The van der Waals surface area contributed by atoms with Gasteiger partial charge in [-0.2, -0.15) is 0 Å². The van der Waals surface area contributed by atoms with Crippen molar-refractivity contribution in [1.82, 2.24) is 0 Å². The molecule has 0 fully saturated rings. The summed E-state index contributed by atoms with van der Waals surface area (Å²) < 4.78 is 9.91. The van der Waals surface area contributed by atoms with Gasteiger partial charge in [-0.25, -0.2) is 0 Å². The molecular weight excluding hydrogens is 282 g/mol. The Bertz CT molecular complexity index is 492. The summed E-state index contributed by atoms with van der Waals surface area (Å²) in [6.45, 7) is 4.11. The van der Waals surface area contributed by atoms with Crippen LogP contribution in [0.1, 0.15) is 20.3 Å². The van der Waals surface area contributed by atoms with Crippen LogP contribution in [0.2, 0.25) is 0 Å². The number of hydrogen-bond acceptors (Lipinski definition) is 6. The first-order chi connectivity index (χ1) is 9.46. The van der Waals surface area contributed by atoms with Crippen molar-refractivity contribution in [2.75, 3.05) is 13.7 Å². The van der Waals surface area contributed by atoms with Crippen molar-refractivity contribution in [3.05, 3.63) is 28.3 Å². The molecular formula is C13H17NO5S. The average molecular weight is 299 g/mol. The third-order valence-corrected chi connectivity index (χ3v) is 3.48. The summed E-state index contributed by atoms with van der Waals surface area (Å²) in [5, 5.41) is 10.8. The molecule has 0 N–H and O–H groups in total. The first kappa shape index (κ1) is 16.3. The van der Waals surface area contributed by atoms with Crippen molar-refractivity contribution in [3.63, 3.8) is 0 Å². The highest BCUT2D eigenvalue weighted by Crippen LogP contribution is 2.32. The van der Waals surface area contributed by atoms with E-state index in [0.717, 1.165) is 0 Å². The number of carbonyl (C=O) groups is 1. The number of nitrogens with zero attached hydrogens (tertiary/aromatic N) is 1. The van der Waals surface area contributed by atoms with Gasteiger partial charge >= 0.3 is 5.97 Å². The Kier molecular flexibility index (Phi) is 6.30. The monoisotopic (exact) mass is 299 g/mol. The predicted molar refractivity (Wildman–Crippen MR) is 76.2 cm³/mol. The van der Waals surface area contributed by atoms with E-state index >= 15 is 0 Å². The van der Waals surface area contributed by atoms with Crippen molar-refractivity contribution in [1.29, 1.82) is 0 Å². The topological polar surface area (TPSA) is 78.7 Å². The molecule has 0 saturated carbocycles. The predicted octanol–water partition coefficient (Wildman–Crippen LogP) is 3.04. The maximum absolute atomic E-state index is 11.2. The zero-order chi connectivity index (χ0) is 15.1. The highest BCUT2D eigenvalue weighted by Gasteiger charge is 2.15. The SMILES string of the molecule is CCOc1cc(SC(C)CC(=O)OC)cc([N+](=O)[O-])c1. The smallest absolute Gasteiger partial charge is 0.306 e. The van der Waals surface area contributed by atoms with E-state index in [1.54, 1.807) is 6.07 Å². The fourth-order valence-electron chi connectivity index (χ4n) is 1.57. The first-order valence-corrected chi connectivity index (χ1v) is 7.00. The molecule has 0 aliphatic rings. The van der Waals surface area contributed by atoms with E-state index in [2.05, 4.69) is 4.74 Å². The van der Waals surface area contributed by atoms with Crippen molar-refractivity contribution in [2.24, 2.45) is 0 Å². The minimum atomic E-state index is -0.461. The number of esters is 1. The van der Waals surface area contributed by atoms with Crippen molar-refractivity contribution in [3.8, 4) is 5.75 Å². The van der Waals surface area contributed by atoms with Gasteiger partial charge in [-0.05, 0) is 13.0 Å². The van der Waals surface area contributed by atoms with Crippen LogP contribution in [0.25, 0.3) is 0 Å². The number of nitro groups is 1. The van der Waals surface area contributed by atoms with Gasteiger partial charge in [0.25, 0.3) is 5.69 Å². The zero-order valence-electron chi connectivity index (χ0n) is 11.6. The van der Waals surface area contributed by atoms with E-state index in [0.29, 0.717) is 17.3 Å². The van der Waals surface area contributed by atoms with Crippen LogP contribution in [0.4, 0.5) is 5.69 Å². The Morgan fingerprint density at radius 2 is 2.15 bits per heavy atom. The van der Waals surface area contributed by atoms with Crippen LogP contribution in [-0.4, -0.2) is 29.9 Å². The maximum atomic E-state index is 11.2. The van der Waals surface area contributed by atoms with Crippen LogP contribution in [0.3, 0.4) is 0 Å². The second kappa shape index (κ2) is 7.74. The quantitative estimate of drug-likeness (QED) is 0.333. The number of rotatable bonds is 7. The summed E-state index contributed by atoms with van der Waals surface area (Å²) in [7, 11) is 1.33. The zero-order valence-corrected chi connectivity index (χ0v) is 12.4. The van der Waals surface area contributed by atoms with Gasteiger partial charge in [-0.3, -0.25) is 14.9 Å². The number of non-ortho nitro benzene ring substituents is 1. The lowest BCUT2D eigenvalue weighted by atomic mass is 10.3. The molecule has 1 aromatic rings. The van der Waals surface area contributed by atoms with Crippen LogP contribution < -0.4 is 4.74 Å². The second-order valence-corrected chi connectivity index (χ2v) is 5.57. The van der Waals surface area contributed by atoms with Gasteiger partial charge in [0, 0.05) is 16.2 Å². The minimum absolute atomic E-state index is 0.0243. The standard InChI is InChI=1S/C13H17NO5S/c1-4-19-11-6-10(14(16)17)7-12(8-11)20-9(2)5-13(15)18-3/h6-9H,4-5H2,1-3H3. The molecule has 1 atom stereocenters. The molecule has 1 rings (SSSR count). The molecule has 20 heavy (non-hydrogen) atoms. The lowest BCUT2D eigenvalue weighted by Crippen LogP contribution is -2.08. The molecule has 0 aliphatic carbocycles. The van der Waals surface area contributed by atoms with Gasteiger partial charge < -0.3 is 9.47 Å². The molecule has 0 amide bonds. The minimum Gasteiger partial charge on any atom is -0.494 e. The number of thioether (sulfide) groups is 1. The molecule has 0 aliphatic heterocycles. The third kappa shape index (κ3) is 5.08. The van der Waals surface area contributed by atoms with Crippen LogP contribution in [0.5, 0.6) is 5.75 Å². The van der Waals surface area contributed by atoms with E-state index in [-0.39, 0.29) is 23.3 Å². The molecule has 0 aromatic heterocycles. The molecule has 0 radical (unpaired) electrons. The van der Waals surface area contributed by atoms with Crippen LogP contribution in [0.15, 0.2) is 23.1 Å². The lowest BCUT2D eigenvalue weighted by molar-refractivity contribution is -0.385. The summed E-state index contributed by atoms with van der Waals surface area (Å²) in [6, 6.07) is 4.59. The van der Waals surface area contributed by atoms with Crippen LogP contribution in [-0.2, 0) is 9.53 Å². The molecule has 1 unspecified atom stereocenters. The average Bonchev–Trinajstić information content (AvgIpc) is 2.38. The van der Waals surface area contributed by atoms with Crippen LogP contribution in [0, 0.1) is 10.1 Å². The Morgan fingerprint density at radius 3 is 2.70 bits per heavy atom. The van der Waals surface area contributed by atoms with E-state index in [1.165, 1.54) is 31.0 Å². The molecule has 0 bridgehead atoms. The van der Waals surface area contributed by atoms with Crippen LogP contribution >= 0.6 is 11.8 Å². The summed E-state index contributed by atoms with van der Waals surface area (Å²) in [6.07, 6.45) is 0.244. The first-order valence-electron chi connectivity index (χ1n) is 6.12. The van der Waals surface area contributed by atoms with Crippen molar-refractivity contribution < 1.29 is 19.2 Å². The fraction of sp³-hybridized carbons (Fsp3) is 0.462. The fourth-order valence-corrected chi connectivity index (χ4v) is 2.63. The number of hydrogen-bond donors (Lipinski definition) is 0. The third-order valence-electron chi connectivity index (χ3n) is 2.41. The Labute approximate surface area is 121 Å². The normalized spacial score (nSPS) is 11.8. The number of ether oxygens (including phenoxy) is 2. The van der Waals surface area contributed by atoms with E-state index in [1.807, 2.05) is 13.8 Å². The highest BCUT2D eigenvalue weighted by molar-refractivity contribution is 8.00. The number of carbonyl (C=O) groups excluding carboxylic acids is 1. The number of methoxy groups -OCH3 is 1. The molecule has 0 spiro atoms. The Balaban J connectivity index is 2.87. The molecule has 0 saturated heterocycles. The number of nitro benzene ring substituents is 1. The van der Waals surface area contributed by atoms with E-state index in [9.17, 15) is 14.9 Å². The Morgan fingerprint density at radius 1 is 1.45 bits per heavy atom. The summed E-state index contributed by atoms with van der Waals surface area (Å²) in [5.74, 6) is 0.148. The molecule has 0 heterocycles.